The smallest absolute Gasteiger partial charge is 0.137 e. The number of pyridine rings is 1. The van der Waals surface area contributed by atoms with E-state index in [4.69, 9.17) is 9.72 Å². The lowest BCUT2D eigenvalue weighted by Crippen LogP contribution is -2.12. The minimum Gasteiger partial charge on any atom is -0.457 e. The second-order valence-corrected chi connectivity index (χ2v) is 15.1. The molecule has 7 aromatic rings. The highest BCUT2D eigenvalue weighted by Gasteiger charge is 2.23. The van der Waals surface area contributed by atoms with Crippen LogP contribution in [0.5, 0.6) is 11.5 Å². The van der Waals surface area contributed by atoms with Crippen LogP contribution in [0.4, 0.5) is 0 Å². The molecule has 3 heterocycles. The Kier molecular flexibility index (Phi) is 6.27. The number of fused-ring (bicyclic) bond motifs is 7. The molecule has 0 saturated heterocycles. The van der Waals surface area contributed by atoms with E-state index < -0.39 is 0 Å². The third-order valence-electron chi connectivity index (χ3n) is 8.05. The van der Waals surface area contributed by atoms with Crippen molar-refractivity contribution in [1.82, 2.24) is 9.55 Å². The van der Waals surface area contributed by atoms with Gasteiger partial charge in [-0.15, -0.1) is 11.3 Å². The summed E-state index contributed by atoms with van der Waals surface area (Å²) in [6.45, 7) is 13.4. The van der Waals surface area contributed by atoms with Crippen LogP contribution < -0.4 is 4.74 Å². The van der Waals surface area contributed by atoms with E-state index in [1.807, 2.05) is 23.6 Å². The first-order valence-electron chi connectivity index (χ1n) is 14.3. The summed E-state index contributed by atoms with van der Waals surface area (Å²) in [4.78, 5) is 4.95. The fourth-order valence-corrected chi connectivity index (χ4v) is 7.47. The Bertz CT molecular complexity index is 2160. The third-order valence-corrected chi connectivity index (χ3v) is 9.68. The maximum atomic E-state index is 6.54. The number of benzene rings is 4. The van der Waals surface area contributed by atoms with Gasteiger partial charge in [-0.1, -0.05) is 87.8 Å². The van der Waals surface area contributed by atoms with Crippen LogP contribution in [-0.2, 0) is 10.8 Å². The molecule has 0 atom stereocenters. The first-order chi connectivity index (χ1) is 20.0. The van der Waals surface area contributed by atoms with Crippen LogP contribution in [0, 0.1) is 0 Å². The minimum absolute atomic E-state index is 0.00288. The zero-order valence-electron chi connectivity index (χ0n) is 24.7. The van der Waals surface area contributed by atoms with Gasteiger partial charge in [-0.3, -0.25) is 4.57 Å². The molecule has 0 unspecified atom stereocenters. The van der Waals surface area contributed by atoms with Crippen molar-refractivity contribution in [3.05, 3.63) is 107 Å². The van der Waals surface area contributed by atoms with Gasteiger partial charge in [-0.05, 0) is 81.3 Å². The van der Waals surface area contributed by atoms with Crippen LogP contribution in [0.2, 0.25) is 0 Å². The number of rotatable bonds is 3. The van der Waals surface area contributed by atoms with Crippen LogP contribution >= 0.6 is 27.3 Å². The molecule has 7 rings (SSSR count). The summed E-state index contributed by atoms with van der Waals surface area (Å²) >= 11 is 5.55. The molecule has 3 aromatic heterocycles. The molecule has 0 aliphatic heterocycles. The Labute approximate surface area is 258 Å². The van der Waals surface area contributed by atoms with E-state index in [9.17, 15) is 0 Å². The number of nitrogens with zero attached hydrogens (tertiary/aromatic N) is 2. The normalized spacial score (nSPS) is 12.6. The van der Waals surface area contributed by atoms with Crippen molar-refractivity contribution in [2.75, 3.05) is 0 Å². The Morgan fingerprint density at radius 3 is 2.31 bits per heavy atom. The van der Waals surface area contributed by atoms with E-state index in [0.717, 1.165) is 27.3 Å². The molecule has 0 fully saturated rings. The molecule has 0 saturated carbocycles. The average Bonchev–Trinajstić information content (AvgIpc) is 3.46. The number of thiophene rings is 1. The molecule has 0 spiro atoms. The summed E-state index contributed by atoms with van der Waals surface area (Å²) in [7, 11) is 0. The summed E-state index contributed by atoms with van der Waals surface area (Å²) in [6.07, 6.45) is 1.94. The van der Waals surface area contributed by atoms with Gasteiger partial charge in [0.05, 0.1) is 15.7 Å². The van der Waals surface area contributed by atoms with Gasteiger partial charge in [0.1, 0.15) is 17.3 Å². The standard InChI is InChI=1S/C37H33BrN2OS/c1-36(2,3)23-15-16-39-32(19-23)40-30-21-26(41-27-18-24(37(4,5)6)17-25(38)20-27)12-13-29(30)35-34(40)33-28-10-8-7-9-22(28)11-14-31(33)42-35/h7-21H,1-6H3. The summed E-state index contributed by atoms with van der Waals surface area (Å²) in [6, 6.07) is 30.3. The van der Waals surface area contributed by atoms with E-state index in [1.54, 1.807) is 0 Å². The van der Waals surface area contributed by atoms with Gasteiger partial charge in [-0.2, -0.15) is 0 Å². The minimum atomic E-state index is 0.00288. The lowest BCUT2D eigenvalue weighted by atomic mass is 9.87. The van der Waals surface area contributed by atoms with E-state index in [1.165, 1.54) is 47.6 Å². The molecule has 0 aliphatic carbocycles. The molecule has 3 nitrogen and oxygen atoms in total. The summed E-state index contributed by atoms with van der Waals surface area (Å²) in [5.74, 6) is 2.54. The quantitative estimate of drug-likeness (QED) is 0.194. The highest BCUT2D eigenvalue weighted by Crippen LogP contribution is 2.46. The molecule has 4 aromatic carbocycles. The predicted molar refractivity (Wildman–Crippen MR) is 183 cm³/mol. The van der Waals surface area contributed by atoms with Crippen molar-refractivity contribution in [3.8, 4) is 17.3 Å². The Balaban J connectivity index is 1.51. The molecule has 210 valence electrons. The topological polar surface area (TPSA) is 27.1 Å². The number of hydrogen-bond acceptors (Lipinski definition) is 3. The first kappa shape index (κ1) is 27.2. The molecule has 5 heteroatoms. The highest BCUT2D eigenvalue weighted by molar-refractivity contribution is 9.10. The lowest BCUT2D eigenvalue weighted by molar-refractivity contribution is 0.478. The predicted octanol–water partition coefficient (Wildman–Crippen LogP) is 11.7. The van der Waals surface area contributed by atoms with Crippen molar-refractivity contribution in [1.29, 1.82) is 0 Å². The monoisotopic (exact) mass is 632 g/mol. The van der Waals surface area contributed by atoms with Gasteiger partial charge in [0.25, 0.3) is 0 Å². The highest BCUT2D eigenvalue weighted by atomic mass is 79.9. The van der Waals surface area contributed by atoms with Crippen molar-refractivity contribution in [2.24, 2.45) is 0 Å². The fraction of sp³-hybridized carbons (Fsp3) is 0.216. The number of hydrogen-bond donors (Lipinski definition) is 0. The van der Waals surface area contributed by atoms with E-state index in [0.29, 0.717) is 0 Å². The number of halogens is 1. The summed E-state index contributed by atoms with van der Waals surface area (Å²) in [5.41, 5.74) is 4.78. The number of aromatic nitrogens is 2. The molecular weight excluding hydrogens is 600 g/mol. The van der Waals surface area contributed by atoms with Gasteiger partial charge in [-0.25, -0.2) is 4.98 Å². The summed E-state index contributed by atoms with van der Waals surface area (Å²) in [5, 5.41) is 4.98. The molecule has 0 N–H and O–H groups in total. The zero-order valence-corrected chi connectivity index (χ0v) is 27.2. The van der Waals surface area contributed by atoms with Crippen LogP contribution in [0.25, 0.3) is 47.8 Å². The van der Waals surface area contributed by atoms with Gasteiger partial charge in [0.2, 0.25) is 0 Å². The SMILES string of the molecule is CC(C)(C)c1cc(Br)cc(Oc2ccc3c4sc5ccc6ccccc6c5c4n(-c4cc(C(C)(C)C)ccn4)c3c2)c1. The van der Waals surface area contributed by atoms with Gasteiger partial charge in [0, 0.05) is 32.2 Å². The molecule has 0 bridgehead atoms. The van der Waals surface area contributed by atoms with E-state index >= 15 is 0 Å². The first-order valence-corrected chi connectivity index (χ1v) is 15.9. The summed E-state index contributed by atoms with van der Waals surface area (Å²) < 4.78 is 12.4. The second-order valence-electron chi connectivity index (χ2n) is 13.1. The Morgan fingerprint density at radius 2 is 1.52 bits per heavy atom. The third kappa shape index (κ3) is 4.60. The fourth-order valence-electron chi connectivity index (χ4n) is 5.76. The maximum Gasteiger partial charge on any atom is 0.137 e. The van der Waals surface area contributed by atoms with Crippen molar-refractivity contribution in [2.45, 2.75) is 52.4 Å². The average molecular weight is 634 g/mol. The van der Waals surface area contributed by atoms with Crippen LogP contribution in [0.15, 0.2) is 95.6 Å². The van der Waals surface area contributed by atoms with Gasteiger partial charge < -0.3 is 4.74 Å². The van der Waals surface area contributed by atoms with Gasteiger partial charge >= 0.3 is 0 Å². The van der Waals surface area contributed by atoms with Crippen molar-refractivity contribution in [3.63, 3.8) is 0 Å². The number of ether oxygens (including phenoxy) is 1. The molecule has 0 aliphatic rings. The van der Waals surface area contributed by atoms with E-state index in [-0.39, 0.29) is 10.8 Å². The molecule has 0 amide bonds. The Hall–Kier alpha value is -3.67. The second kappa shape index (κ2) is 9.68. The van der Waals surface area contributed by atoms with E-state index in [2.05, 4.69) is 141 Å². The van der Waals surface area contributed by atoms with Crippen molar-refractivity contribution < 1.29 is 4.74 Å². The van der Waals surface area contributed by atoms with Crippen LogP contribution in [0.3, 0.4) is 0 Å². The Morgan fingerprint density at radius 1 is 0.738 bits per heavy atom. The molecule has 42 heavy (non-hydrogen) atoms. The van der Waals surface area contributed by atoms with Crippen LogP contribution in [-0.4, -0.2) is 9.55 Å². The van der Waals surface area contributed by atoms with Crippen LogP contribution in [0.1, 0.15) is 52.7 Å². The van der Waals surface area contributed by atoms with Crippen molar-refractivity contribution >= 4 is 69.2 Å². The zero-order chi connectivity index (χ0) is 29.4. The maximum absolute atomic E-state index is 6.54. The molecular formula is C37H33BrN2OS. The van der Waals surface area contributed by atoms with Gasteiger partial charge in [0.15, 0.2) is 0 Å². The lowest BCUT2D eigenvalue weighted by Gasteiger charge is -2.20. The molecule has 0 radical (unpaired) electrons. The largest absolute Gasteiger partial charge is 0.457 e.